The summed E-state index contributed by atoms with van der Waals surface area (Å²) in [5, 5.41) is 2.16. The molecule has 88 valence electrons. The Morgan fingerprint density at radius 3 is 3.06 bits per heavy atom. The molecule has 1 unspecified atom stereocenters. The van der Waals surface area contributed by atoms with Crippen LogP contribution in [0.15, 0.2) is 11.4 Å². The van der Waals surface area contributed by atoms with Crippen molar-refractivity contribution in [3.8, 4) is 0 Å². The van der Waals surface area contributed by atoms with E-state index in [0.717, 1.165) is 13.0 Å². The fourth-order valence-electron chi connectivity index (χ4n) is 2.16. The van der Waals surface area contributed by atoms with Gasteiger partial charge in [0.25, 0.3) is 0 Å². The molecule has 1 aliphatic rings. The second-order valence-electron chi connectivity index (χ2n) is 4.82. The number of rotatable bonds is 3. The second kappa shape index (κ2) is 4.68. The third-order valence-electron chi connectivity index (χ3n) is 3.41. The average molecular weight is 237 g/mol. The first kappa shape index (κ1) is 11.8. The first-order valence-corrected chi connectivity index (χ1v) is 6.80. The molecule has 16 heavy (non-hydrogen) atoms. The van der Waals surface area contributed by atoms with Crippen LogP contribution in [-0.2, 0) is 11.2 Å². The fraction of sp³-hybridized carbons (Fsp3) is 0.615. The average Bonchev–Trinajstić information content (AvgIpc) is 2.70. The zero-order valence-electron chi connectivity index (χ0n) is 10.2. The SMILES string of the molecule is CC(C)C(=O)CN1CCc2sccc2C1C. The van der Waals surface area contributed by atoms with Crippen LogP contribution in [0, 0.1) is 5.92 Å². The molecular weight excluding hydrogens is 218 g/mol. The minimum atomic E-state index is 0.149. The maximum Gasteiger partial charge on any atom is 0.149 e. The molecule has 2 rings (SSSR count). The van der Waals surface area contributed by atoms with Crippen LogP contribution in [-0.4, -0.2) is 23.8 Å². The summed E-state index contributed by atoms with van der Waals surface area (Å²) in [6, 6.07) is 2.61. The molecule has 0 bridgehead atoms. The van der Waals surface area contributed by atoms with Gasteiger partial charge in [-0.3, -0.25) is 9.69 Å². The number of carbonyl (C=O) groups is 1. The van der Waals surface area contributed by atoms with Gasteiger partial charge in [0.15, 0.2) is 0 Å². The molecule has 0 amide bonds. The van der Waals surface area contributed by atoms with Crippen molar-refractivity contribution in [3.05, 3.63) is 21.9 Å². The van der Waals surface area contributed by atoms with Crippen LogP contribution in [0.2, 0.25) is 0 Å². The van der Waals surface area contributed by atoms with Gasteiger partial charge in [-0.25, -0.2) is 0 Å². The van der Waals surface area contributed by atoms with Crippen molar-refractivity contribution >= 4 is 17.1 Å². The van der Waals surface area contributed by atoms with Crippen molar-refractivity contribution in [2.75, 3.05) is 13.1 Å². The van der Waals surface area contributed by atoms with Gasteiger partial charge in [0, 0.05) is 23.4 Å². The van der Waals surface area contributed by atoms with Crippen molar-refractivity contribution in [3.63, 3.8) is 0 Å². The fourth-order valence-corrected chi connectivity index (χ4v) is 3.12. The summed E-state index contributed by atoms with van der Waals surface area (Å²) in [5.74, 6) is 0.501. The number of Topliss-reactive ketones (excluding diaryl/α,β-unsaturated/α-hetero) is 1. The molecule has 2 heterocycles. The lowest BCUT2D eigenvalue weighted by Gasteiger charge is -2.33. The summed E-state index contributed by atoms with van der Waals surface area (Å²) in [6.07, 6.45) is 1.10. The van der Waals surface area contributed by atoms with Crippen molar-refractivity contribution in [1.29, 1.82) is 0 Å². The van der Waals surface area contributed by atoms with E-state index < -0.39 is 0 Å². The van der Waals surface area contributed by atoms with Gasteiger partial charge < -0.3 is 0 Å². The van der Waals surface area contributed by atoms with Crippen molar-refractivity contribution < 1.29 is 4.79 Å². The number of carbonyl (C=O) groups excluding carboxylic acids is 1. The number of nitrogens with zero attached hydrogens (tertiary/aromatic N) is 1. The van der Waals surface area contributed by atoms with E-state index in [-0.39, 0.29) is 5.92 Å². The third-order valence-corrected chi connectivity index (χ3v) is 4.40. The lowest BCUT2D eigenvalue weighted by molar-refractivity contribution is -0.123. The second-order valence-corrected chi connectivity index (χ2v) is 5.82. The molecule has 0 fully saturated rings. The first-order chi connectivity index (χ1) is 7.59. The highest BCUT2D eigenvalue weighted by Gasteiger charge is 2.26. The van der Waals surface area contributed by atoms with Crippen molar-refractivity contribution in [2.24, 2.45) is 5.92 Å². The van der Waals surface area contributed by atoms with E-state index in [0.29, 0.717) is 18.4 Å². The molecule has 0 aliphatic carbocycles. The zero-order valence-corrected chi connectivity index (χ0v) is 11.0. The molecular formula is C13H19NOS. The Morgan fingerprint density at radius 2 is 2.38 bits per heavy atom. The predicted molar refractivity (Wildman–Crippen MR) is 67.9 cm³/mol. The lowest BCUT2D eigenvalue weighted by Crippen LogP contribution is -2.38. The minimum Gasteiger partial charge on any atom is -0.298 e. The Morgan fingerprint density at radius 1 is 1.62 bits per heavy atom. The number of ketones is 1. The van der Waals surface area contributed by atoms with E-state index in [1.165, 1.54) is 10.4 Å². The summed E-state index contributed by atoms with van der Waals surface area (Å²) in [5.41, 5.74) is 1.42. The summed E-state index contributed by atoms with van der Waals surface area (Å²) >= 11 is 1.84. The van der Waals surface area contributed by atoms with E-state index in [9.17, 15) is 4.79 Å². The van der Waals surface area contributed by atoms with Gasteiger partial charge in [0.2, 0.25) is 0 Å². The number of hydrogen-bond donors (Lipinski definition) is 0. The van der Waals surface area contributed by atoms with Crippen LogP contribution >= 0.6 is 11.3 Å². The lowest BCUT2D eigenvalue weighted by atomic mass is 10.00. The van der Waals surface area contributed by atoms with Gasteiger partial charge in [-0.15, -0.1) is 11.3 Å². The normalized spacial score (nSPS) is 21.1. The zero-order chi connectivity index (χ0) is 11.7. The molecule has 3 heteroatoms. The highest BCUT2D eigenvalue weighted by molar-refractivity contribution is 7.10. The Bertz CT molecular complexity index is 383. The number of fused-ring (bicyclic) bond motifs is 1. The van der Waals surface area contributed by atoms with Gasteiger partial charge in [-0.2, -0.15) is 0 Å². The van der Waals surface area contributed by atoms with Gasteiger partial charge in [0.1, 0.15) is 5.78 Å². The Balaban J connectivity index is 2.07. The molecule has 1 aliphatic heterocycles. The van der Waals surface area contributed by atoms with Gasteiger partial charge in [-0.05, 0) is 30.4 Å². The summed E-state index contributed by atoms with van der Waals surface area (Å²) in [7, 11) is 0. The molecule has 0 aromatic carbocycles. The Labute approximate surface area is 101 Å². The van der Waals surface area contributed by atoms with E-state index in [1.54, 1.807) is 0 Å². The monoisotopic (exact) mass is 237 g/mol. The van der Waals surface area contributed by atoms with Crippen molar-refractivity contribution in [1.82, 2.24) is 4.90 Å². The van der Waals surface area contributed by atoms with E-state index in [4.69, 9.17) is 0 Å². The number of thiophene rings is 1. The van der Waals surface area contributed by atoms with E-state index >= 15 is 0 Å². The van der Waals surface area contributed by atoms with Gasteiger partial charge in [-0.1, -0.05) is 13.8 Å². The molecule has 1 aromatic rings. The van der Waals surface area contributed by atoms with Crippen LogP contribution in [0.5, 0.6) is 0 Å². The first-order valence-electron chi connectivity index (χ1n) is 5.92. The molecule has 1 aromatic heterocycles. The van der Waals surface area contributed by atoms with Gasteiger partial charge >= 0.3 is 0 Å². The Kier molecular flexibility index (Phi) is 3.45. The highest BCUT2D eigenvalue weighted by Crippen LogP contribution is 2.32. The minimum absolute atomic E-state index is 0.149. The molecule has 0 saturated heterocycles. The maximum absolute atomic E-state index is 11.8. The largest absolute Gasteiger partial charge is 0.298 e. The van der Waals surface area contributed by atoms with Crippen LogP contribution in [0.4, 0.5) is 0 Å². The quantitative estimate of drug-likeness (QED) is 0.805. The van der Waals surface area contributed by atoms with Crippen LogP contribution in [0.1, 0.15) is 37.3 Å². The van der Waals surface area contributed by atoms with E-state index in [2.05, 4.69) is 23.3 Å². The molecule has 0 N–H and O–H groups in total. The van der Waals surface area contributed by atoms with Gasteiger partial charge in [0.05, 0.1) is 6.54 Å². The molecule has 0 radical (unpaired) electrons. The summed E-state index contributed by atoms with van der Waals surface area (Å²) < 4.78 is 0. The third kappa shape index (κ3) is 2.20. The van der Waals surface area contributed by atoms with Crippen LogP contribution in [0.25, 0.3) is 0 Å². The summed E-state index contributed by atoms with van der Waals surface area (Å²) in [4.78, 5) is 15.6. The Hall–Kier alpha value is -0.670. The topological polar surface area (TPSA) is 20.3 Å². The highest BCUT2D eigenvalue weighted by atomic mass is 32.1. The smallest absolute Gasteiger partial charge is 0.149 e. The van der Waals surface area contributed by atoms with Crippen molar-refractivity contribution in [2.45, 2.75) is 33.2 Å². The van der Waals surface area contributed by atoms with Crippen LogP contribution in [0.3, 0.4) is 0 Å². The standard InChI is InChI=1S/C13H19NOS/c1-9(2)12(15)8-14-6-4-13-11(10(14)3)5-7-16-13/h5,7,9-10H,4,6,8H2,1-3H3. The molecule has 0 saturated carbocycles. The molecule has 1 atom stereocenters. The maximum atomic E-state index is 11.8. The van der Waals surface area contributed by atoms with E-state index in [1.807, 2.05) is 25.2 Å². The number of hydrogen-bond acceptors (Lipinski definition) is 3. The predicted octanol–water partition coefficient (Wildman–Crippen LogP) is 2.89. The summed E-state index contributed by atoms with van der Waals surface area (Å²) in [6.45, 7) is 7.79. The van der Waals surface area contributed by atoms with Crippen LogP contribution < -0.4 is 0 Å². The molecule has 0 spiro atoms. The molecule has 2 nitrogen and oxygen atoms in total.